The van der Waals surface area contributed by atoms with Crippen LogP contribution in [-0.4, -0.2) is 65.7 Å². The number of aliphatic hydroxyl groups excluding tert-OH is 1. The lowest BCUT2D eigenvalue weighted by Gasteiger charge is -2.28. The standard InChI is InChI=1S/C15H20ClN3O3/c16-15(4-3-13-2-1-5-17-10-13)18-22-12-14(20)11-19-6-8-21-9-7-19/h1-5,10,14,20H,6-9,11-12H2. The molecule has 1 aromatic heterocycles. The van der Waals surface area contributed by atoms with E-state index in [-0.39, 0.29) is 11.8 Å². The molecule has 2 rings (SSSR count). The second-order valence-electron chi connectivity index (χ2n) is 4.90. The molecule has 0 spiro atoms. The van der Waals surface area contributed by atoms with Crippen LogP contribution in [0.3, 0.4) is 0 Å². The maximum absolute atomic E-state index is 9.88. The SMILES string of the molecule is OC(CON=C(Cl)C=Cc1cccnc1)CN1CCOCC1. The lowest BCUT2D eigenvalue weighted by molar-refractivity contribution is -0.0129. The number of pyridine rings is 1. The number of hydrogen-bond donors (Lipinski definition) is 1. The number of aliphatic hydroxyl groups is 1. The molecule has 2 heterocycles. The van der Waals surface area contributed by atoms with Crippen LogP contribution in [0.2, 0.25) is 0 Å². The second-order valence-corrected chi connectivity index (χ2v) is 5.28. The zero-order valence-corrected chi connectivity index (χ0v) is 13.0. The summed E-state index contributed by atoms with van der Waals surface area (Å²) in [5, 5.41) is 13.8. The third-order valence-electron chi connectivity index (χ3n) is 3.09. The summed E-state index contributed by atoms with van der Waals surface area (Å²) in [6.07, 6.45) is 6.22. The molecule has 6 nitrogen and oxygen atoms in total. The predicted octanol–water partition coefficient (Wildman–Crippen LogP) is 1.36. The van der Waals surface area contributed by atoms with Gasteiger partial charge in [0.1, 0.15) is 12.7 Å². The highest BCUT2D eigenvalue weighted by Gasteiger charge is 2.15. The van der Waals surface area contributed by atoms with Crippen LogP contribution in [0.4, 0.5) is 0 Å². The second kappa shape index (κ2) is 9.53. The van der Waals surface area contributed by atoms with Gasteiger partial charge in [0.15, 0.2) is 5.17 Å². The van der Waals surface area contributed by atoms with Crippen LogP contribution in [0.25, 0.3) is 6.08 Å². The highest BCUT2D eigenvalue weighted by atomic mass is 35.5. The van der Waals surface area contributed by atoms with Crippen molar-refractivity contribution in [2.45, 2.75) is 6.10 Å². The van der Waals surface area contributed by atoms with Crippen molar-refractivity contribution < 1.29 is 14.7 Å². The first kappa shape index (κ1) is 16.9. The molecule has 1 N–H and O–H groups in total. The van der Waals surface area contributed by atoms with Crippen molar-refractivity contribution in [2.24, 2.45) is 5.16 Å². The summed E-state index contributed by atoms with van der Waals surface area (Å²) in [6.45, 7) is 3.72. The molecular weight excluding hydrogens is 306 g/mol. The molecule has 1 fully saturated rings. The summed E-state index contributed by atoms with van der Waals surface area (Å²) in [5.41, 5.74) is 0.920. The first-order chi connectivity index (χ1) is 10.7. The molecule has 1 aliphatic heterocycles. The largest absolute Gasteiger partial charge is 0.392 e. The summed E-state index contributed by atoms with van der Waals surface area (Å²) in [5.74, 6) is 0. The van der Waals surface area contributed by atoms with Gasteiger partial charge in [-0.2, -0.15) is 0 Å². The maximum Gasteiger partial charge on any atom is 0.168 e. The third kappa shape index (κ3) is 6.53. The van der Waals surface area contributed by atoms with Crippen LogP contribution in [-0.2, 0) is 9.57 Å². The van der Waals surface area contributed by atoms with Gasteiger partial charge in [-0.1, -0.05) is 28.9 Å². The van der Waals surface area contributed by atoms with E-state index in [4.69, 9.17) is 21.2 Å². The topological polar surface area (TPSA) is 67.2 Å². The Bertz CT molecular complexity index is 490. The van der Waals surface area contributed by atoms with E-state index in [0.29, 0.717) is 19.8 Å². The summed E-state index contributed by atoms with van der Waals surface area (Å²) < 4.78 is 5.25. The van der Waals surface area contributed by atoms with Crippen LogP contribution in [0.15, 0.2) is 35.8 Å². The molecule has 7 heteroatoms. The van der Waals surface area contributed by atoms with Gasteiger partial charge >= 0.3 is 0 Å². The minimum atomic E-state index is -0.603. The van der Waals surface area contributed by atoms with Crippen molar-refractivity contribution in [1.82, 2.24) is 9.88 Å². The Kier molecular flexibility index (Phi) is 7.32. The number of rotatable bonds is 7. The number of morpholine rings is 1. The lowest BCUT2D eigenvalue weighted by atomic mass is 10.3. The highest BCUT2D eigenvalue weighted by molar-refractivity contribution is 6.68. The average Bonchev–Trinajstić information content (AvgIpc) is 2.55. The van der Waals surface area contributed by atoms with Gasteiger partial charge in [0.05, 0.1) is 13.2 Å². The fourth-order valence-corrected chi connectivity index (χ4v) is 2.10. The zero-order chi connectivity index (χ0) is 15.6. The van der Waals surface area contributed by atoms with Crippen molar-refractivity contribution in [3.63, 3.8) is 0 Å². The van der Waals surface area contributed by atoms with Crippen molar-refractivity contribution in [2.75, 3.05) is 39.5 Å². The van der Waals surface area contributed by atoms with E-state index >= 15 is 0 Å². The molecule has 1 unspecified atom stereocenters. The predicted molar refractivity (Wildman–Crippen MR) is 85.8 cm³/mol. The van der Waals surface area contributed by atoms with Crippen molar-refractivity contribution >= 4 is 22.8 Å². The Balaban J connectivity index is 1.68. The fourth-order valence-electron chi connectivity index (χ4n) is 1.99. The molecule has 0 amide bonds. The molecule has 0 aromatic carbocycles. The number of nitrogens with zero attached hydrogens (tertiary/aromatic N) is 3. The van der Waals surface area contributed by atoms with Gasteiger partial charge < -0.3 is 14.7 Å². The first-order valence-corrected chi connectivity index (χ1v) is 7.53. The molecule has 1 saturated heterocycles. The Morgan fingerprint density at radius 3 is 3.09 bits per heavy atom. The molecule has 22 heavy (non-hydrogen) atoms. The monoisotopic (exact) mass is 325 g/mol. The quantitative estimate of drug-likeness (QED) is 0.605. The average molecular weight is 326 g/mol. The minimum Gasteiger partial charge on any atom is -0.392 e. The molecule has 0 saturated carbocycles. The van der Waals surface area contributed by atoms with Gasteiger partial charge in [0, 0.05) is 32.0 Å². The summed E-state index contributed by atoms with van der Waals surface area (Å²) >= 11 is 5.92. The zero-order valence-electron chi connectivity index (χ0n) is 12.3. The van der Waals surface area contributed by atoms with Crippen LogP contribution in [0, 0.1) is 0 Å². The van der Waals surface area contributed by atoms with Crippen molar-refractivity contribution in [1.29, 1.82) is 0 Å². The number of hydrogen-bond acceptors (Lipinski definition) is 6. The van der Waals surface area contributed by atoms with E-state index in [0.717, 1.165) is 18.7 Å². The molecule has 0 aliphatic carbocycles. The molecule has 0 radical (unpaired) electrons. The van der Waals surface area contributed by atoms with Gasteiger partial charge in [-0.3, -0.25) is 9.88 Å². The smallest absolute Gasteiger partial charge is 0.168 e. The van der Waals surface area contributed by atoms with Gasteiger partial charge in [-0.25, -0.2) is 0 Å². The summed E-state index contributed by atoms with van der Waals surface area (Å²) in [6, 6.07) is 3.74. The molecule has 1 aromatic rings. The summed E-state index contributed by atoms with van der Waals surface area (Å²) in [7, 11) is 0. The highest BCUT2D eigenvalue weighted by Crippen LogP contribution is 2.02. The Labute approximate surface area is 135 Å². The lowest BCUT2D eigenvalue weighted by Crippen LogP contribution is -2.42. The molecule has 0 bridgehead atoms. The Hall–Kier alpha value is -1.47. The van der Waals surface area contributed by atoms with Gasteiger partial charge in [-0.05, 0) is 17.7 Å². The van der Waals surface area contributed by atoms with E-state index in [1.165, 1.54) is 0 Å². The molecule has 1 aliphatic rings. The third-order valence-corrected chi connectivity index (χ3v) is 3.28. The van der Waals surface area contributed by atoms with Gasteiger partial charge in [0.2, 0.25) is 0 Å². The van der Waals surface area contributed by atoms with E-state index in [1.54, 1.807) is 24.5 Å². The minimum absolute atomic E-state index is 0.105. The van der Waals surface area contributed by atoms with Crippen molar-refractivity contribution in [3.8, 4) is 0 Å². The number of ether oxygens (including phenoxy) is 1. The van der Waals surface area contributed by atoms with Gasteiger partial charge in [0.25, 0.3) is 0 Å². The number of halogens is 1. The number of oxime groups is 1. The van der Waals surface area contributed by atoms with Crippen LogP contribution < -0.4 is 0 Å². The number of allylic oxidation sites excluding steroid dienone is 1. The molecular formula is C15H20ClN3O3. The molecule has 120 valence electrons. The fraction of sp³-hybridized carbons (Fsp3) is 0.467. The van der Waals surface area contributed by atoms with Crippen LogP contribution in [0.5, 0.6) is 0 Å². The van der Waals surface area contributed by atoms with Crippen LogP contribution in [0.1, 0.15) is 5.56 Å². The molecule has 1 atom stereocenters. The Morgan fingerprint density at radius 2 is 2.36 bits per heavy atom. The van der Waals surface area contributed by atoms with E-state index in [1.807, 2.05) is 12.1 Å². The first-order valence-electron chi connectivity index (χ1n) is 7.16. The van der Waals surface area contributed by atoms with Crippen molar-refractivity contribution in [3.05, 3.63) is 36.2 Å². The number of β-amino-alcohol motifs (C(OH)–C–C–N with tert-alkyl or cyclic N) is 1. The van der Waals surface area contributed by atoms with Crippen LogP contribution >= 0.6 is 11.6 Å². The van der Waals surface area contributed by atoms with E-state index < -0.39 is 6.10 Å². The number of aromatic nitrogens is 1. The Morgan fingerprint density at radius 1 is 1.55 bits per heavy atom. The summed E-state index contributed by atoms with van der Waals surface area (Å²) in [4.78, 5) is 11.2. The van der Waals surface area contributed by atoms with E-state index in [9.17, 15) is 5.11 Å². The van der Waals surface area contributed by atoms with E-state index in [2.05, 4.69) is 15.0 Å². The maximum atomic E-state index is 9.88. The normalized spacial score (nSPS) is 18.5. The van der Waals surface area contributed by atoms with Gasteiger partial charge in [-0.15, -0.1) is 0 Å².